The molecule has 0 bridgehead atoms. The average Bonchev–Trinajstić information content (AvgIpc) is 2.43. The van der Waals surface area contributed by atoms with Crippen LogP contribution in [-0.2, 0) is 15.9 Å². The lowest BCUT2D eigenvalue weighted by molar-refractivity contribution is 0.332. The van der Waals surface area contributed by atoms with E-state index in [0.717, 1.165) is 6.07 Å². The molecule has 0 unspecified atom stereocenters. The summed E-state index contributed by atoms with van der Waals surface area (Å²) in [6, 6.07) is 3.96. The lowest BCUT2D eigenvalue weighted by Gasteiger charge is -2.23. The van der Waals surface area contributed by atoms with E-state index in [1.165, 1.54) is 16.4 Å². The van der Waals surface area contributed by atoms with Crippen LogP contribution in [0.25, 0.3) is 0 Å². The molecule has 0 aromatic heterocycles. The van der Waals surface area contributed by atoms with Gasteiger partial charge in [0.15, 0.2) is 0 Å². The molecular formula is C14H22ClFN2O2S. The van der Waals surface area contributed by atoms with Crippen molar-refractivity contribution in [2.45, 2.75) is 24.1 Å². The van der Waals surface area contributed by atoms with Crippen LogP contribution in [0.2, 0.25) is 0 Å². The Morgan fingerprint density at radius 3 is 2.38 bits per heavy atom. The zero-order valence-electron chi connectivity index (χ0n) is 12.6. The standard InChI is InChI=1S/C14H22ClFN2O2S/c1-4-7-18(9-8-17(2)3)21(19,20)14-10-12(11-15)5-6-13(14)16/h5-6,10H,4,7-9,11H2,1-3H3. The van der Waals surface area contributed by atoms with Crippen LogP contribution < -0.4 is 0 Å². The van der Waals surface area contributed by atoms with Crippen molar-refractivity contribution in [3.63, 3.8) is 0 Å². The van der Waals surface area contributed by atoms with Gasteiger partial charge in [-0.2, -0.15) is 4.31 Å². The summed E-state index contributed by atoms with van der Waals surface area (Å²) in [5.41, 5.74) is 0.584. The summed E-state index contributed by atoms with van der Waals surface area (Å²) in [4.78, 5) is 1.59. The zero-order valence-corrected chi connectivity index (χ0v) is 14.2. The summed E-state index contributed by atoms with van der Waals surface area (Å²) >= 11 is 5.71. The highest BCUT2D eigenvalue weighted by Crippen LogP contribution is 2.22. The van der Waals surface area contributed by atoms with E-state index in [1.807, 2.05) is 25.9 Å². The van der Waals surface area contributed by atoms with Crippen molar-refractivity contribution < 1.29 is 12.8 Å². The molecule has 0 spiro atoms. The summed E-state index contributed by atoms with van der Waals surface area (Å²) in [7, 11) is -0.116. The first kappa shape index (κ1) is 18.4. The van der Waals surface area contributed by atoms with Crippen molar-refractivity contribution in [2.24, 2.45) is 0 Å². The fourth-order valence-electron chi connectivity index (χ4n) is 1.88. The molecule has 0 saturated carbocycles. The molecule has 21 heavy (non-hydrogen) atoms. The largest absolute Gasteiger partial charge is 0.308 e. The third-order valence-electron chi connectivity index (χ3n) is 3.04. The number of nitrogens with zero attached hydrogens (tertiary/aromatic N) is 2. The number of rotatable bonds is 8. The molecule has 0 heterocycles. The Balaban J connectivity index is 3.15. The van der Waals surface area contributed by atoms with Gasteiger partial charge in [-0.3, -0.25) is 0 Å². The highest BCUT2D eigenvalue weighted by Gasteiger charge is 2.27. The molecular weight excluding hydrogens is 315 g/mol. The smallest absolute Gasteiger partial charge is 0.246 e. The van der Waals surface area contributed by atoms with Gasteiger partial charge in [-0.05, 0) is 38.2 Å². The molecule has 0 fully saturated rings. The normalized spacial score (nSPS) is 12.3. The number of sulfonamides is 1. The van der Waals surface area contributed by atoms with Crippen molar-refractivity contribution in [1.82, 2.24) is 9.21 Å². The number of hydrogen-bond acceptors (Lipinski definition) is 3. The molecule has 0 atom stereocenters. The molecule has 0 aliphatic rings. The fourth-order valence-corrected chi connectivity index (χ4v) is 3.68. The maximum absolute atomic E-state index is 13.9. The Morgan fingerprint density at radius 2 is 1.86 bits per heavy atom. The van der Waals surface area contributed by atoms with E-state index in [4.69, 9.17) is 11.6 Å². The Morgan fingerprint density at radius 1 is 1.19 bits per heavy atom. The molecule has 4 nitrogen and oxygen atoms in total. The van der Waals surface area contributed by atoms with Crippen molar-refractivity contribution in [3.8, 4) is 0 Å². The minimum absolute atomic E-state index is 0.147. The Kier molecular flexibility index (Phi) is 7.06. The van der Waals surface area contributed by atoms with E-state index in [9.17, 15) is 12.8 Å². The molecule has 0 amide bonds. The maximum atomic E-state index is 13.9. The quantitative estimate of drug-likeness (QED) is 0.685. The van der Waals surface area contributed by atoms with E-state index in [0.29, 0.717) is 31.6 Å². The molecule has 1 rings (SSSR count). The van der Waals surface area contributed by atoms with Gasteiger partial charge in [-0.25, -0.2) is 12.8 Å². The second-order valence-corrected chi connectivity index (χ2v) is 7.28. The van der Waals surface area contributed by atoms with E-state index in [1.54, 1.807) is 0 Å². The topological polar surface area (TPSA) is 40.6 Å². The van der Waals surface area contributed by atoms with Gasteiger partial charge in [-0.1, -0.05) is 13.0 Å². The van der Waals surface area contributed by atoms with Gasteiger partial charge in [0.2, 0.25) is 10.0 Å². The summed E-state index contributed by atoms with van der Waals surface area (Å²) in [5.74, 6) is -0.594. The Labute approximate surface area is 131 Å². The van der Waals surface area contributed by atoms with Crippen LogP contribution >= 0.6 is 11.6 Å². The summed E-state index contributed by atoms with van der Waals surface area (Å²) in [5, 5.41) is 0. The van der Waals surface area contributed by atoms with Gasteiger partial charge in [0.1, 0.15) is 10.7 Å². The third kappa shape index (κ3) is 4.92. The highest BCUT2D eigenvalue weighted by molar-refractivity contribution is 7.89. The first-order valence-electron chi connectivity index (χ1n) is 6.82. The lowest BCUT2D eigenvalue weighted by Crippen LogP contribution is -2.37. The van der Waals surface area contributed by atoms with E-state index >= 15 is 0 Å². The van der Waals surface area contributed by atoms with E-state index in [2.05, 4.69) is 0 Å². The van der Waals surface area contributed by atoms with Crippen LogP contribution in [0, 0.1) is 5.82 Å². The maximum Gasteiger partial charge on any atom is 0.246 e. The summed E-state index contributed by atoms with van der Waals surface area (Å²) in [6.07, 6.45) is 0.670. The molecule has 0 radical (unpaired) electrons. The lowest BCUT2D eigenvalue weighted by atomic mass is 10.2. The van der Waals surface area contributed by atoms with Gasteiger partial charge in [0, 0.05) is 25.5 Å². The van der Waals surface area contributed by atoms with Crippen LogP contribution in [-0.4, -0.2) is 51.4 Å². The summed E-state index contributed by atoms with van der Waals surface area (Å²) in [6.45, 7) is 3.16. The van der Waals surface area contributed by atoms with Crippen molar-refractivity contribution >= 4 is 21.6 Å². The average molecular weight is 337 g/mol. The van der Waals surface area contributed by atoms with Crippen LogP contribution in [0.3, 0.4) is 0 Å². The van der Waals surface area contributed by atoms with Crippen LogP contribution in [0.15, 0.2) is 23.1 Å². The second kappa shape index (κ2) is 8.08. The monoisotopic (exact) mass is 336 g/mol. The minimum atomic E-state index is -3.85. The molecule has 7 heteroatoms. The number of hydrogen-bond donors (Lipinski definition) is 0. The predicted octanol–water partition coefficient (Wildman–Crippen LogP) is 2.53. The molecule has 120 valence electrons. The van der Waals surface area contributed by atoms with Crippen LogP contribution in [0.1, 0.15) is 18.9 Å². The fraction of sp³-hybridized carbons (Fsp3) is 0.571. The molecule has 0 aliphatic heterocycles. The first-order chi connectivity index (χ1) is 9.82. The van der Waals surface area contributed by atoms with E-state index < -0.39 is 15.8 Å². The molecule has 0 N–H and O–H groups in total. The highest BCUT2D eigenvalue weighted by atomic mass is 35.5. The van der Waals surface area contributed by atoms with Gasteiger partial charge < -0.3 is 4.90 Å². The van der Waals surface area contributed by atoms with Gasteiger partial charge in [0.05, 0.1) is 0 Å². The molecule has 1 aromatic carbocycles. The molecule has 0 saturated heterocycles. The number of likely N-dealkylation sites (N-methyl/N-ethyl adjacent to an activating group) is 1. The van der Waals surface area contributed by atoms with Crippen LogP contribution in [0.4, 0.5) is 4.39 Å². The zero-order chi connectivity index (χ0) is 16.0. The summed E-state index contributed by atoms with van der Waals surface area (Å²) < 4.78 is 40.6. The Hall–Kier alpha value is -0.690. The third-order valence-corrected chi connectivity index (χ3v) is 5.26. The van der Waals surface area contributed by atoms with Crippen molar-refractivity contribution in [2.75, 3.05) is 33.7 Å². The number of halogens is 2. The van der Waals surface area contributed by atoms with Crippen molar-refractivity contribution in [1.29, 1.82) is 0 Å². The van der Waals surface area contributed by atoms with Gasteiger partial charge in [0.25, 0.3) is 0 Å². The van der Waals surface area contributed by atoms with Gasteiger partial charge in [-0.15, -0.1) is 11.6 Å². The van der Waals surface area contributed by atoms with Gasteiger partial charge >= 0.3 is 0 Å². The first-order valence-corrected chi connectivity index (χ1v) is 8.79. The Bertz CT molecular complexity index is 564. The SMILES string of the molecule is CCCN(CCN(C)C)S(=O)(=O)c1cc(CCl)ccc1F. The second-order valence-electron chi connectivity index (χ2n) is 5.11. The van der Waals surface area contributed by atoms with Crippen LogP contribution in [0.5, 0.6) is 0 Å². The van der Waals surface area contributed by atoms with E-state index in [-0.39, 0.29) is 10.8 Å². The predicted molar refractivity (Wildman–Crippen MR) is 83.6 cm³/mol. The number of benzene rings is 1. The van der Waals surface area contributed by atoms with Crippen molar-refractivity contribution in [3.05, 3.63) is 29.6 Å². The molecule has 0 aliphatic carbocycles. The number of alkyl halides is 1. The minimum Gasteiger partial charge on any atom is -0.308 e. The molecule has 1 aromatic rings.